The number of thioether (sulfide) groups is 1. The van der Waals surface area contributed by atoms with Crippen molar-refractivity contribution in [1.82, 2.24) is 25.0 Å². The summed E-state index contributed by atoms with van der Waals surface area (Å²) in [6.45, 7) is 8.93. The van der Waals surface area contributed by atoms with Crippen LogP contribution < -0.4 is 5.32 Å². The summed E-state index contributed by atoms with van der Waals surface area (Å²) in [5.74, 6) is 1.92. The van der Waals surface area contributed by atoms with Crippen LogP contribution in [0.15, 0.2) is 5.16 Å². The van der Waals surface area contributed by atoms with Gasteiger partial charge >= 0.3 is 0 Å². The van der Waals surface area contributed by atoms with E-state index >= 15 is 0 Å². The minimum absolute atomic E-state index is 0.353. The van der Waals surface area contributed by atoms with Crippen molar-refractivity contribution in [2.75, 3.05) is 31.9 Å². The summed E-state index contributed by atoms with van der Waals surface area (Å²) in [7, 11) is 0. The zero-order valence-electron chi connectivity index (χ0n) is 15.0. The monoisotopic (exact) mass is 353 g/mol. The lowest BCUT2D eigenvalue weighted by Crippen LogP contribution is -2.62. The molecule has 0 radical (unpaired) electrons. The number of piperidine rings is 2. The third-order valence-electron chi connectivity index (χ3n) is 5.45. The Morgan fingerprint density at radius 3 is 2.96 bits per heavy atom. The van der Waals surface area contributed by atoms with Gasteiger partial charge in [0.1, 0.15) is 5.82 Å². The molecule has 3 heterocycles. The lowest BCUT2D eigenvalue weighted by atomic mass is 9.79. The number of rotatable bonds is 7. The summed E-state index contributed by atoms with van der Waals surface area (Å²) in [5.41, 5.74) is -0.552. The largest absolute Gasteiger partial charge is 0.387 e. The first kappa shape index (κ1) is 18.2. The summed E-state index contributed by atoms with van der Waals surface area (Å²) in [6.07, 6.45) is 5.73. The van der Waals surface area contributed by atoms with Crippen LogP contribution in [0, 0.1) is 6.92 Å². The van der Waals surface area contributed by atoms with Crippen molar-refractivity contribution in [1.29, 1.82) is 0 Å². The predicted octanol–water partition coefficient (Wildman–Crippen LogP) is 1.67. The van der Waals surface area contributed by atoms with E-state index in [2.05, 4.69) is 31.9 Å². The van der Waals surface area contributed by atoms with Gasteiger partial charge in [0, 0.05) is 31.4 Å². The van der Waals surface area contributed by atoms with E-state index in [1.54, 1.807) is 11.8 Å². The van der Waals surface area contributed by atoms with Gasteiger partial charge in [-0.1, -0.05) is 18.2 Å². The highest BCUT2D eigenvalue weighted by Gasteiger charge is 2.43. The Kier molecular flexibility index (Phi) is 6.18. The number of hydrogen-bond donors (Lipinski definition) is 2. The van der Waals surface area contributed by atoms with E-state index in [1.165, 1.54) is 12.8 Å². The Hall–Kier alpha value is -0.630. The molecule has 0 aromatic carbocycles. The standard InChI is InChI=1S/C17H31N5OS/c1-3-22-14(2)19-20-16(22)24-12-9-18-13-17(23)8-6-11-21-10-5-4-7-15(17)21/h15,18,23H,3-13H2,1-2H3/t15-,17-/m1/s1. The molecule has 1 aromatic heterocycles. The number of aliphatic hydroxyl groups is 1. The molecule has 2 aliphatic heterocycles. The summed E-state index contributed by atoms with van der Waals surface area (Å²) in [6, 6.07) is 0.353. The van der Waals surface area contributed by atoms with Gasteiger partial charge < -0.3 is 15.0 Å². The van der Waals surface area contributed by atoms with Crippen molar-refractivity contribution < 1.29 is 5.11 Å². The van der Waals surface area contributed by atoms with Gasteiger partial charge in [-0.25, -0.2) is 0 Å². The minimum Gasteiger partial charge on any atom is -0.387 e. The topological polar surface area (TPSA) is 66.2 Å². The van der Waals surface area contributed by atoms with E-state index in [0.717, 1.165) is 62.2 Å². The van der Waals surface area contributed by atoms with Gasteiger partial charge in [-0.05, 0) is 52.6 Å². The molecule has 0 spiro atoms. The molecule has 6 nitrogen and oxygen atoms in total. The molecule has 2 N–H and O–H groups in total. The van der Waals surface area contributed by atoms with Crippen LogP contribution in [-0.4, -0.2) is 68.3 Å². The van der Waals surface area contributed by atoms with E-state index in [1.807, 2.05) is 6.92 Å². The summed E-state index contributed by atoms with van der Waals surface area (Å²) in [5, 5.41) is 24.0. The van der Waals surface area contributed by atoms with Crippen LogP contribution in [0.4, 0.5) is 0 Å². The summed E-state index contributed by atoms with van der Waals surface area (Å²) >= 11 is 1.74. The third-order valence-corrected chi connectivity index (χ3v) is 6.42. The zero-order valence-corrected chi connectivity index (χ0v) is 15.8. The van der Waals surface area contributed by atoms with Crippen LogP contribution in [0.2, 0.25) is 0 Å². The van der Waals surface area contributed by atoms with Crippen molar-refractivity contribution in [3.05, 3.63) is 5.82 Å². The quantitative estimate of drug-likeness (QED) is 0.574. The van der Waals surface area contributed by atoms with Crippen molar-refractivity contribution in [2.24, 2.45) is 0 Å². The molecular formula is C17H31N5OS. The van der Waals surface area contributed by atoms with Crippen LogP contribution in [0.5, 0.6) is 0 Å². The first-order chi connectivity index (χ1) is 11.6. The number of fused-ring (bicyclic) bond motifs is 1. The van der Waals surface area contributed by atoms with Gasteiger partial charge in [0.15, 0.2) is 5.16 Å². The van der Waals surface area contributed by atoms with Crippen LogP contribution in [0.25, 0.3) is 0 Å². The fourth-order valence-electron chi connectivity index (χ4n) is 4.18. The fraction of sp³-hybridized carbons (Fsp3) is 0.882. The van der Waals surface area contributed by atoms with Gasteiger partial charge in [-0.3, -0.25) is 4.90 Å². The molecule has 0 saturated carbocycles. The maximum absolute atomic E-state index is 11.1. The third kappa shape index (κ3) is 3.95. The number of hydrogen-bond acceptors (Lipinski definition) is 6. The van der Waals surface area contributed by atoms with E-state index < -0.39 is 5.60 Å². The Labute approximate surface area is 149 Å². The second-order valence-electron chi connectivity index (χ2n) is 7.05. The van der Waals surface area contributed by atoms with E-state index in [0.29, 0.717) is 12.6 Å². The van der Waals surface area contributed by atoms with Gasteiger partial charge in [-0.15, -0.1) is 10.2 Å². The highest BCUT2D eigenvalue weighted by molar-refractivity contribution is 7.99. The van der Waals surface area contributed by atoms with Gasteiger partial charge in [-0.2, -0.15) is 0 Å². The second kappa shape index (κ2) is 8.17. The molecule has 2 fully saturated rings. The molecule has 0 amide bonds. The molecule has 2 aliphatic rings. The molecule has 3 rings (SSSR count). The van der Waals surface area contributed by atoms with Gasteiger partial charge in [0.2, 0.25) is 0 Å². The SMILES string of the molecule is CCn1c(C)nnc1SCCNC[C@]1(O)CCCN2CCCC[C@@H]21. The van der Waals surface area contributed by atoms with E-state index in [9.17, 15) is 5.11 Å². The van der Waals surface area contributed by atoms with E-state index in [4.69, 9.17) is 0 Å². The van der Waals surface area contributed by atoms with Gasteiger partial charge in [0.25, 0.3) is 0 Å². The summed E-state index contributed by atoms with van der Waals surface area (Å²) in [4.78, 5) is 2.51. The molecule has 136 valence electrons. The van der Waals surface area contributed by atoms with Crippen LogP contribution in [0.1, 0.15) is 44.9 Å². The number of nitrogens with zero attached hydrogens (tertiary/aromatic N) is 4. The first-order valence-corrected chi connectivity index (χ1v) is 10.3. The summed E-state index contributed by atoms with van der Waals surface area (Å²) < 4.78 is 2.14. The smallest absolute Gasteiger partial charge is 0.191 e. The molecule has 1 aromatic rings. The second-order valence-corrected chi connectivity index (χ2v) is 8.12. The maximum Gasteiger partial charge on any atom is 0.191 e. The van der Waals surface area contributed by atoms with Crippen LogP contribution in [0.3, 0.4) is 0 Å². The Balaban J connectivity index is 1.44. The van der Waals surface area contributed by atoms with E-state index in [-0.39, 0.29) is 0 Å². The van der Waals surface area contributed by atoms with Crippen molar-refractivity contribution in [2.45, 2.75) is 69.3 Å². The molecule has 24 heavy (non-hydrogen) atoms. The zero-order chi connectivity index (χ0) is 17.0. The number of aryl methyl sites for hydroxylation is 1. The predicted molar refractivity (Wildman–Crippen MR) is 97.4 cm³/mol. The fourth-order valence-corrected chi connectivity index (χ4v) is 5.12. The number of nitrogens with one attached hydrogen (secondary N) is 1. The Morgan fingerprint density at radius 1 is 1.29 bits per heavy atom. The van der Waals surface area contributed by atoms with Crippen molar-refractivity contribution >= 4 is 11.8 Å². The minimum atomic E-state index is -0.552. The Bertz CT molecular complexity index is 535. The lowest BCUT2D eigenvalue weighted by Gasteiger charge is -2.49. The maximum atomic E-state index is 11.1. The molecule has 0 unspecified atom stereocenters. The Morgan fingerprint density at radius 2 is 2.12 bits per heavy atom. The number of aromatic nitrogens is 3. The normalized spacial score (nSPS) is 28.0. The van der Waals surface area contributed by atoms with Crippen LogP contribution >= 0.6 is 11.8 Å². The highest BCUT2D eigenvalue weighted by atomic mass is 32.2. The average Bonchev–Trinajstić information content (AvgIpc) is 2.95. The van der Waals surface area contributed by atoms with Crippen molar-refractivity contribution in [3.63, 3.8) is 0 Å². The molecule has 2 atom stereocenters. The molecule has 0 bridgehead atoms. The highest BCUT2D eigenvalue weighted by Crippen LogP contribution is 2.33. The molecular weight excluding hydrogens is 322 g/mol. The first-order valence-electron chi connectivity index (χ1n) is 9.34. The van der Waals surface area contributed by atoms with Crippen LogP contribution in [-0.2, 0) is 6.54 Å². The average molecular weight is 354 g/mol. The molecule has 0 aliphatic carbocycles. The van der Waals surface area contributed by atoms with Gasteiger partial charge in [0.05, 0.1) is 5.60 Å². The molecule has 2 saturated heterocycles. The lowest BCUT2D eigenvalue weighted by molar-refractivity contribution is -0.0915. The van der Waals surface area contributed by atoms with Crippen molar-refractivity contribution in [3.8, 4) is 0 Å². The molecule has 7 heteroatoms.